The molecule has 238 valence electrons. The van der Waals surface area contributed by atoms with Gasteiger partial charge in [-0.15, -0.1) is 0 Å². The molecule has 1 N–H and O–H groups in total. The Morgan fingerprint density at radius 3 is 2.36 bits per heavy atom. The van der Waals surface area contributed by atoms with Crippen molar-refractivity contribution in [2.75, 3.05) is 7.11 Å². The molecule has 4 aromatic rings. The van der Waals surface area contributed by atoms with Crippen LogP contribution in [-0.4, -0.2) is 29.7 Å². The third kappa shape index (κ3) is 7.22. The largest absolute Gasteiger partial charge is 0.477 e. The highest BCUT2D eigenvalue weighted by molar-refractivity contribution is 6.32. The first-order chi connectivity index (χ1) is 21.3. The maximum Gasteiger partial charge on any atom is 0.346 e. The maximum absolute atomic E-state index is 13.5. The number of methoxy groups -OCH3 is 1. The van der Waals surface area contributed by atoms with Crippen LogP contribution in [0, 0.1) is 12.8 Å². The fourth-order valence-electron chi connectivity index (χ4n) is 6.07. The van der Waals surface area contributed by atoms with Gasteiger partial charge in [0.1, 0.15) is 5.75 Å². The molecule has 0 radical (unpaired) electrons. The Hall–Kier alpha value is -3.77. The monoisotopic (exact) mass is 628 g/mol. The zero-order chi connectivity index (χ0) is 32.5. The van der Waals surface area contributed by atoms with Crippen LogP contribution in [0.25, 0.3) is 10.9 Å². The number of esters is 1. The Morgan fingerprint density at radius 2 is 1.73 bits per heavy atom. The van der Waals surface area contributed by atoms with E-state index in [4.69, 9.17) is 21.1 Å². The molecule has 1 aromatic heterocycles. The van der Waals surface area contributed by atoms with Gasteiger partial charge in [-0.3, -0.25) is 4.79 Å². The fourth-order valence-corrected chi connectivity index (χ4v) is 6.24. The third-order valence-electron chi connectivity index (χ3n) is 9.22. The maximum atomic E-state index is 13.5. The van der Waals surface area contributed by atoms with Crippen LogP contribution in [-0.2, 0) is 27.9 Å². The molecule has 1 saturated carbocycles. The molecule has 0 bridgehead atoms. The van der Waals surface area contributed by atoms with Crippen LogP contribution in [0.3, 0.4) is 0 Å². The predicted octanol–water partition coefficient (Wildman–Crippen LogP) is 8.72. The van der Waals surface area contributed by atoms with E-state index in [1.165, 1.54) is 43.2 Å². The van der Waals surface area contributed by atoms with Crippen molar-refractivity contribution in [3.8, 4) is 5.75 Å². The van der Waals surface area contributed by atoms with Crippen LogP contribution in [0.1, 0.15) is 98.2 Å². The quantitative estimate of drug-likeness (QED) is 0.178. The second-order valence-electron chi connectivity index (χ2n) is 13.5. The average Bonchev–Trinajstić information content (AvgIpc) is 3.24. The number of carbonyl (C=O) groups excluding carboxylic acids is 2. The van der Waals surface area contributed by atoms with Crippen LogP contribution in [0.4, 0.5) is 0 Å². The lowest BCUT2D eigenvalue weighted by molar-refractivity contribution is -0.147. The van der Waals surface area contributed by atoms with E-state index in [0.29, 0.717) is 28.7 Å². The molecule has 7 heteroatoms. The van der Waals surface area contributed by atoms with E-state index in [9.17, 15) is 9.59 Å². The summed E-state index contributed by atoms with van der Waals surface area (Å²) in [5.74, 6) is 0.554. The summed E-state index contributed by atoms with van der Waals surface area (Å²) in [4.78, 5) is 25.5. The van der Waals surface area contributed by atoms with Crippen molar-refractivity contribution in [2.45, 2.75) is 91.3 Å². The summed E-state index contributed by atoms with van der Waals surface area (Å²) in [6, 6.07) is 20.1. The van der Waals surface area contributed by atoms with Gasteiger partial charge >= 0.3 is 5.97 Å². The lowest BCUT2D eigenvalue weighted by Gasteiger charge is -2.27. The van der Waals surface area contributed by atoms with Crippen LogP contribution < -0.4 is 10.1 Å². The van der Waals surface area contributed by atoms with Gasteiger partial charge in [-0.25, -0.2) is 4.79 Å². The van der Waals surface area contributed by atoms with Gasteiger partial charge in [0.25, 0.3) is 5.91 Å². The van der Waals surface area contributed by atoms with Gasteiger partial charge in [-0.2, -0.15) is 0 Å². The summed E-state index contributed by atoms with van der Waals surface area (Å²) >= 11 is 6.43. The molecule has 1 aliphatic rings. The van der Waals surface area contributed by atoms with Crippen molar-refractivity contribution < 1.29 is 19.1 Å². The summed E-state index contributed by atoms with van der Waals surface area (Å²) in [5.41, 5.74) is 7.58. The van der Waals surface area contributed by atoms with Gasteiger partial charge in [0.2, 0.25) is 0 Å². The number of hydrogen-bond acceptors (Lipinski definition) is 4. The molecule has 1 amide bonds. The Morgan fingerprint density at radius 1 is 1.02 bits per heavy atom. The van der Waals surface area contributed by atoms with Crippen molar-refractivity contribution in [3.05, 3.63) is 99.2 Å². The van der Waals surface area contributed by atoms with Gasteiger partial charge in [-0.1, -0.05) is 75.2 Å². The zero-order valence-electron chi connectivity index (χ0n) is 27.5. The molecule has 1 fully saturated rings. The van der Waals surface area contributed by atoms with Crippen molar-refractivity contribution in [2.24, 2.45) is 5.92 Å². The standard InChI is InChI=1S/C38H45ClN2O4/c1-23(28-12-15-30(16-13-28)38(4,5)6)40-36(42)29-14-17-31-32(24(2)41(34(31)21-29)22-26-9-8-10-26)19-27-11-18-33(39)35(20-27)45-25(3)37(43)44-7/h11-18,20-21,23,25-26H,8-10,19,22H2,1-7H3,(H,40,42)/t23-,25-/m0/s1. The molecule has 0 aliphatic heterocycles. The normalized spacial score (nSPS) is 14.9. The van der Waals surface area contributed by atoms with Gasteiger partial charge in [0, 0.05) is 28.7 Å². The number of halogens is 1. The highest BCUT2D eigenvalue weighted by Crippen LogP contribution is 2.35. The number of aromatic nitrogens is 1. The highest BCUT2D eigenvalue weighted by atomic mass is 35.5. The van der Waals surface area contributed by atoms with E-state index in [1.807, 2.05) is 31.2 Å². The number of ether oxygens (including phenoxy) is 2. The fraction of sp³-hybridized carbons (Fsp3) is 0.421. The van der Waals surface area contributed by atoms with Crippen molar-refractivity contribution in [3.63, 3.8) is 0 Å². The van der Waals surface area contributed by atoms with Gasteiger partial charge < -0.3 is 19.4 Å². The minimum absolute atomic E-state index is 0.0819. The summed E-state index contributed by atoms with van der Waals surface area (Å²) in [7, 11) is 1.34. The van der Waals surface area contributed by atoms with Crippen LogP contribution >= 0.6 is 11.6 Å². The Kier molecular flexibility index (Phi) is 9.64. The Balaban J connectivity index is 1.42. The van der Waals surface area contributed by atoms with Crippen molar-refractivity contribution >= 4 is 34.4 Å². The summed E-state index contributed by atoms with van der Waals surface area (Å²) < 4.78 is 13.0. The summed E-state index contributed by atoms with van der Waals surface area (Å²) in [6.45, 7) is 13.4. The van der Waals surface area contributed by atoms with E-state index in [-0.39, 0.29) is 17.4 Å². The molecule has 45 heavy (non-hydrogen) atoms. The first-order valence-corrected chi connectivity index (χ1v) is 16.3. The first kappa shape index (κ1) is 32.6. The van der Waals surface area contributed by atoms with Gasteiger partial charge in [0.15, 0.2) is 6.10 Å². The van der Waals surface area contributed by atoms with Crippen LogP contribution in [0.2, 0.25) is 5.02 Å². The van der Waals surface area contributed by atoms with Crippen LogP contribution in [0.5, 0.6) is 5.75 Å². The molecular weight excluding hydrogens is 584 g/mol. The molecule has 0 saturated heterocycles. The number of carbonyl (C=O) groups is 2. The van der Waals surface area contributed by atoms with Crippen molar-refractivity contribution in [1.82, 2.24) is 9.88 Å². The van der Waals surface area contributed by atoms with E-state index in [0.717, 1.165) is 28.6 Å². The lowest BCUT2D eigenvalue weighted by atomic mass is 9.85. The first-order valence-electron chi connectivity index (χ1n) is 15.9. The average molecular weight is 629 g/mol. The molecule has 1 heterocycles. The summed E-state index contributed by atoms with van der Waals surface area (Å²) in [6.07, 6.45) is 3.62. The number of fused-ring (bicyclic) bond motifs is 1. The number of hydrogen-bond donors (Lipinski definition) is 1. The number of nitrogens with one attached hydrogen (secondary N) is 1. The van der Waals surface area contributed by atoms with E-state index < -0.39 is 12.1 Å². The molecule has 1 aliphatic carbocycles. The minimum atomic E-state index is -0.774. The third-order valence-corrected chi connectivity index (χ3v) is 9.53. The lowest BCUT2D eigenvalue weighted by Crippen LogP contribution is -2.26. The van der Waals surface area contributed by atoms with Crippen LogP contribution in [0.15, 0.2) is 60.7 Å². The Labute approximate surface area is 272 Å². The van der Waals surface area contributed by atoms with Gasteiger partial charge in [0.05, 0.1) is 18.2 Å². The van der Waals surface area contributed by atoms with Gasteiger partial charge in [-0.05, 0) is 97.9 Å². The number of amides is 1. The zero-order valence-corrected chi connectivity index (χ0v) is 28.3. The minimum Gasteiger partial charge on any atom is -0.477 e. The van der Waals surface area contributed by atoms with E-state index in [1.54, 1.807) is 13.0 Å². The molecule has 6 nitrogen and oxygen atoms in total. The van der Waals surface area contributed by atoms with E-state index >= 15 is 0 Å². The molecule has 0 spiro atoms. The van der Waals surface area contributed by atoms with Crippen molar-refractivity contribution in [1.29, 1.82) is 0 Å². The number of nitrogens with zero attached hydrogens (tertiary/aromatic N) is 1. The SMILES string of the molecule is COC(=O)[C@H](C)Oc1cc(Cc2c(C)n(CC3CCC3)c3cc(C(=O)N[C@@H](C)c4ccc(C(C)(C)C)cc4)ccc23)ccc1Cl. The molecule has 2 atom stereocenters. The highest BCUT2D eigenvalue weighted by Gasteiger charge is 2.24. The topological polar surface area (TPSA) is 69.6 Å². The van der Waals surface area contributed by atoms with E-state index in [2.05, 4.69) is 67.9 Å². The molecule has 5 rings (SSSR count). The number of benzene rings is 3. The molecule has 3 aromatic carbocycles. The second kappa shape index (κ2) is 13.3. The predicted molar refractivity (Wildman–Crippen MR) is 181 cm³/mol. The smallest absolute Gasteiger partial charge is 0.346 e. The summed E-state index contributed by atoms with van der Waals surface area (Å²) in [5, 5.41) is 4.78. The Bertz CT molecular complexity index is 1700. The number of rotatable bonds is 10. The molecular formula is C38H45ClN2O4. The second-order valence-corrected chi connectivity index (χ2v) is 13.9. The molecule has 0 unspecified atom stereocenters.